The summed E-state index contributed by atoms with van der Waals surface area (Å²) in [5.74, 6) is 0.353. The monoisotopic (exact) mass is 332 g/mol. The molecular formula is C20H32N2O2. The molecule has 2 N–H and O–H groups in total. The van der Waals surface area contributed by atoms with Gasteiger partial charge in [0.05, 0.1) is 0 Å². The molecule has 2 aliphatic rings. The molecule has 0 aromatic carbocycles. The first-order valence-corrected chi connectivity index (χ1v) is 9.02. The van der Waals surface area contributed by atoms with Crippen molar-refractivity contribution in [3.8, 4) is 0 Å². The SMILES string of the molecule is C=C/C=C(\C=C)CNC(=O)CCC.O=C1CC2(CCCCC2)CN1. The summed E-state index contributed by atoms with van der Waals surface area (Å²) in [6.07, 6.45) is 14.1. The van der Waals surface area contributed by atoms with E-state index in [4.69, 9.17) is 0 Å². The van der Waals surface area contributed by atoms with E-state index in [1.54, 1.807) is 12.2 Å². The Labute approximate surface area is 146 Å². The van der Waals surface area contributed by atoms with Crippen molar-refractivity contribution in [2.45, 2.75) is 58.3 Å². The second-order valence-electron chi connectivity index (χ2n) is 6.72. The normalized spacial score (nSPS) is 19.0. The van der Waals surface area contributed by atoms with Gasteiger partial charge in [0, 0.05) is 25.9 Å². The van der Waals surface area contributed by atoms with Gasteiger partial charge >= 0.3 is 0 Å². The van der Waals surface area contributed by atoms with Crippen molar-refractivity contribution in [2.24, 2.45) is 5.41 Å². The molecule has 2 fully saturated rings. The average molecular weight is 332 g/mol. The van der Waals surface area contributed by atoms with Crippen LogP contribution in [0.1, 0.15) is 58.3 Å². The molecule has 0 aromatic heterocycles. The second-order valence-corrected chi connectivity index (χ2v) is 6.72. The summed E-state index contributed by atoms with van der Waals surface area (Å²) in [4.78, 5) is 22.1. The Morgan fingerprint density at radius 1 is 1.29 bits per heavy atom. The van der Waals surface area contributed by atoms with E-state index in [2.05, 4.69) is 23.8 Å². The van der Waals surface area contributed by atoms with E-state index in [0.717, 1.165) is 25.0 Å². The molecule has 1 aliphatic heterocycles. The fourth-order valence-corrected chi connectivity index (χ4v) is 3.27. The van der Waals surface area contributed by atoms with E-state index >= 15 is 0 Å². The first-order chi connectivity index (χ1) is 11.5. The maximum absolute atomic E-state index is 11.1. The van der Waals surface area contributed by atoms with Crippen LogP contribution in [-0.2, 0) is 9.59 Å². The topological polar surface area (TPSA) is 58.2 Å². The van der Waals surface area contributed by atoms with E-state index in [9.17, 15) is 9.59 Å². The lowest BCUT2D eigenvalue weighted by Gasteiger charge is -2.31. The Balaban J connectivity index is 0.000000242. The Morgan fingerprint density at radius 3 is 2.50 bits per heavy atom. The molecular weight excluding hydrogens is 300 g/mol. The highest BCUT2D eigenvalue weighted by Crippen LogP contribution is 2.40. The third kappa shape index (κ3) is 7.16. The largest absolute Gasteiger partial charge is 0.356 e. The van der Waals surface area contributed by atoms with Crippen LogP contribution >= 0.6 is 0 Å². The summed E-state index contributed by atoms with van der Waals surface area (Å²) in [5.41, 5.74) is 1.36. The van der Waals surface area contributed by atoms with Gasteiger partial charge in [-0.3, -0.25) is 9.59 Å². The number of rotatable bonds is 6. The fraction of sp³-hybridized carbons (Fsp3) is 0.600. The van der Waals surface area contributed by atoms with Gasteiger partial charge in [0.25, 0.3) is 0 Å². The number of hydrogen-bond donors (Lipinski definition) is 2. The molecule has 1 heterocycles. The van der Waals surface area contributed by atoms with Gasteiger partial charge in [-0.2, -0.15) is 0 Å². The third-order valence-corrected chi connectivity index (χ3v) is 4.67. The molecule has 1 saturated carbocycles. The van der Waals surface area contributed by atoms with Gasteiger partial charge in [0.15, 0.2) is 0 Å². The molecule has 2 amide bonds. The minimum atomic E-state index is 0.0827. The maximum Gasteiger partial charge on any atom is 0.220 e. The molecule has 1 saturated heterocycles. The number of carbonyl (C=O) groups is 2. The van der Waals surface area contributed by atoms with E-state index in [1.165, 1.54) is 32.1 Å². The standard InChI is InChI=1S/C11H17NO.C9H15NO/c1-4-7-10(6-3)9-12-11(13)8-5-2;11-8-6-9(7-10-8)4-2-1-3-5-9/h4,6-7H,1,3,5,8-9H2,2H3,(H,12,13);1-7H2,(H,10,11)/b10-7+;. The summed E-state index contributed by atoms with van der Waals surface area (Å²) in [6, 6.07) is 0. The van der Waals surface area contributed by atoms with E-state index < -0.39 is 0 Å². The molecule has 4 nitrogen and oxygen atoms in total. The lowest BCUT2D eigenvalue weighted by molar-refractivity contribution is -0.121. The fourth-order valence-electron chi connectivity index (χ4n) is 3.27. The number of carbonyl (C=O) groups excluding carboxylic acids is 2. The minimum absolute atomic E-state index is 0.0827. The van der Waals surface area contributed by atoms with Crippen LogP contribution in [0.4, 0.5) is 0 Å². The zero-order valence-electron chi connectivity index (χ0n) is 15.0. The predicted molar refractivity (Wildman–Crippen MR) is 99.5 cm³/mol. The molecule has 134 valence electrons. The van der Waals surface area contributed by atoms with Gasteiger partial charge in [-0.1, -0.05) is 57.6 Å². The second kappa shape index (κ2) is 10.8. The Morgan fingerprint density at radius 2 is 2.00 bits per heavy atom. The molecule has 4 heteroatoms. The first-order valence-electron chi connectivity index (χ1n) is 9.02. The van der Waals surface area contributed by atoms with Crippen molar-refractivity contribution < 1.29 is 9.59 Å². The maximum atomic E-state index is 11.1. The Bertz CT molecular complexity index is 474. The highest BCUT2D eigenvalue weighted by molar-refractivity contribution is 5.79. The van der Waals surface area contributed by atoms with Gasteiger partial charge in [-0.25, -0.2) is 0 Å². The van der Waals surface area contributed by atoms with Crippen molar-refractivity contribution in [3.63, 3.8) is 0 Å². The Kier molecular flexibility index (Phi) is 9.13. The molecule has 0 unspecified atom stereocenters. The van der Waals surface area contributed by atoms with Gasteiger partial charge in [0.1, 0.15) is 0 Å². The van der Waals surface area contributed by atoms with Crippen LogP contribution < -0.4 is 10.6 Å². The summed E-state index contributed by atoms with van der Waals surface area (Å²) >= 11 is 0. The van der Waals surface area contributed by atoms with E-state index in [1.807, 2.05) is 13.0 Å². The lowest BCUT2D eigenvalue weighted by atomic mass is 9.73. The molecule has 0 bridgehead atoms. The quantitative estimate of drug-likeness (QED) is 0.729. The minimum Gasteiger partial charge on any atom is -0.356 e. The van der Waals surface area contributed by atoms with Crippen LogP contribution in [0.3, 0.4) is 0 Å². The van der Waals surface area contributed by atoms with Crippen LogP contribution in [0.25, 0.3) is 0 Å². The number of hydrogen-bond acceptors (Lipinski definition) is 2. The smallest absolute Gasteiger partial charge is 0.220 e. The zero-order chi connectivity index (χ0) is 17.8. The average Bonchev–Trinajstić information content (AvgIpc) is 2.93. The van der Waals surface area contributed by atoms with Crippen LogP contribution in [0.2, 0.25) is 0 Å². The van der Waals surface area contributed by atoms with Crippen LogP contribution in [-0.4, -0.2) is 24.9 Å². The summed E-state index contributed by atoms with van der Waals surface area (Å²) in [6.45, 7) is 10.7. The van der Waals surface area contributed by atoms with Gasteiger partial charge in [-0.15, -0.1) is 0 Å². The number of nitrogens with one attached hydrogen (secondary N) is 2. The van der Waals surface area contributed by atoms with Crippen LogP contribution in [0.15, 0.2) is 37.0 Å². The summed E-state index contributed by atoms with van der Waals surface area (Å²) in [5, 5.41) is 5.73. The molecule has 1 aliphatic carbocycles. The van der Waals surface area contributed by atoms with Crippen LogP contribution in [0.5, 0.6) is 0 Å². The highest BCUT2D eigenvalue weighted by Gasteiger charge is 2.38. The molecule has 1 spiro atoms. The summed E-state index contributed by atoms with van der Waals surface area (Å²) < 4.78 is 0. The van der Waals surface area contributed by atoms with Crippen molar-refractivity contribution in [1.82, 2.24) is 10.6 Å². The van der Waals surface area contributed by atoms with E-state index in [0.29, 0.717) is 18.4 Å². The zero-order valence-corrected chi connectivity index (χ0v) is 15.0. The van der Waals surface area contributed by atoms with Crippen molar-refractivity contribution >= 4 is 11.8 Å². The molecule has 0 radical (unpaired) electrons. The third-order valence-electron chi connectivity index (χ3n) is 4.67. The first kappa shape index (κ1) is 20.2. The van der Waals surface area contributed by atoms with Crippen molar-refractivity contribution in [3.05, 3.63) is 37.0 Å². The van der Waals surface area contributed by atoms with Gasteiger partial charge < -0.3 is 10.6 Å². The highest BCUT2D eigenvalue weighted by atomic mass is 16.2. The van der Waals surface area contributed by atoms with Crippen LogP contribution in [0, 0.1) is 5.41 Å². The van der Waals surface area contributed by atoms with Crippen molar-refractivity contribution in [2.75, 3.05) is 13.1 Å². The number of allylic oxidation sites excluding steroid dienone is 2. The van der Waals surface area contributed by atoms with Gasteiger partial charge in [-0.05, 0) is 30.3 Å². The lowest BCUT2D eigenvalue weighted by Crippen LogP contribution is -2.26. The molecule has 2 rings (SSSR count). The predicted octanol–water partition coefficient (Wildman–Crippen LogP) is 3.66. The van der Waals surface area contributed by atoms with Gasteiger partial charge in [0.2, 0.25) is 11.8 Å². The summed E-state index contributed by atoms with van der Waals surface area (Å²) in [7, 11) is 0. The molecule has 0 aromatic rings. The Hall–Kier alpha value is -1.84. The number of amides is 2. The molecule has 0 atom stereocenters. The van der Waals surface area contributed by atoms with Crippen molar-refractivity contribution in [1.29, 1.82) is 0 Å². The molecule has 24 heavy (non-hydrogen) atoms. The van der Waals surface area contributed by atoms with E-state index in [-0.39, 0.29) is 11.8 Å².